The average molecular weight is 752 g/mol. The molecule has 1 aliphatic heterocycles. The van der Waals surface area contributed by atoms with Crippen molar-refractivity contribution in [2.24, 2.45) is 5.92 Å². The SMILES string of the molecule is CCCN(Cc1ncc(-c2ccc3cc(-c4ccc(-c5cnc([C@@H]6CCCN6C(=O)[C@@H](NC(=O)OC)C(C)C)[nH]5)cc4)ccc3c2)[nH]1)C(=O)Cc1ccccc1. The number of nitrogens with zero attached hydrogens (tertiary/aromatic N) is 4. The number of imidazole rings is 2. The molecule has 6 aromatic rings. The molecule has 0 saturated carbocycles. The molecule has 1 saturated heterocycles. The maximum absolute atomic E-state index is 13.5. The lowest BCUT2D eigenvalue weighted by atomic mass is 9.98. The highest BCUT2D eigenvalue weighted by Gasteiger charge is 2.37. The highest BCUT2D eigenvalue weighted by atomic mass is 16.5. The number of amides is 3. The van der Waals surface area contributed by atoms with Gasteiger partial charge in [-0.2, -0.15) is 0 Å². The van der Waals surface area contributed by atoms with Gasteiger partial charge in [-0.25, -0.2) is 14.8 Å². The molecule has 4 aromatic carbocycles. The molecule has 3 N–H and O–H groups in total. The number of aromatic nitrogens is 4. The van der Waals surface area contributed by atoms with Gasteiger partial charge in [0, 0.05) is 18.7 Å². The maximum atomic E-state index is 13.5. The van der Waals surface area contributed by atoms with Crippen LogP contribution in [0.5, 0.6) is 0 Å². The lowest BCUT2D eigenvalue weighted by Gasteiger charge is -2.30. The smallest absolute Gasteiger partial charge is 0.407 e. The van der Waals surface area contributed by atoms with Crippen molar-refractivity contribution >= 4 is 28.7 Å². The van der Waals surface area contributed by atoms with Crippen LogP contribution in [0.15, 0.2) is 103 Å². The largest absolute Gasteiger partial charge is 0.453 e. The molecule has 1 aliphatic rings. The summed E-state index contributed by atoms with van der Waals surface area (Å²) in [6.07, 6.45) is 5.95. The van der Waals surface area contributed by atoms with Crippen LogP contribution in [0.1, 0.15) is 63.3 Å². The first-order valence-corrected chi connectivity index (χ1v) is 19.4. The van der Waals surface area contributed by atoms with Crippen LogP contribution in [0.2, 0.25) is 0 Å². The number of benzene rings is 4. The van der Waals surface area contributed by atoms with Gasteiger partial charge < -0.3 is 29.8 Å². The first kappa shape index (κ1) is 38.1. The number of carbonyl (C=O) groups excluding carboxylic acids is 3. The third-order valence-corrected chi connectivity index (χ3v) is 10.5. The molecular formula is C45H49N7O4. The van der Waals surface area contributed by atoms with Crippen molar-refractivity contribution in [3.05, 3.63) is 121 Å². The fraction of sp³-hybridized carbons (Fsp3) is 0.311. The maximum Gasteiger partial charge on any atom is 0.407 e. The summed E-state index contributed by atoms with van der Waals surface area (Å²) < 4.78 is 4.76. The number of hydrogen-bond acceptors (Lipinski definition) is 6. The highest BCUT2D eigenvalue weighted by molar-refractivity contribution is 5.91. The Bertz CT molecular complexity index is 2300. The van der Waals surface area contributed by atoms with E-state index >= 15 is 0 Å². The Labute approximate surface area is 327 Å². The summed E-state index contributed by atoms with van der Waals surface area (Å²) in [6.45, 7) is 7.62. The number of nitrogens with one attached hydrogen (secondary N) is 3. The number of hydrogen-bond donors (Lipinski definition) is 3. The topological polar surface area (TPSA) is 136 Å². The molecule has 11 heteroatoms. The standard InChI is InChI=1S/C45H49N7O4/c1-5-21-51(41(53)23-30-10-7-6-8-11-30)28-40-46-26-38(48-40)36-20-19-34-24-33(17-18-35(34)25-36)31-13-15-32(16-14-31)37-27-47-43(49-37)39-12-9-22-52(39)44(54)42(29(2)3)50-45(55)56-4/h6-8,10-11,13-20,24-27,29,39,42H,5,9,12,21-23,28H2,1-4H3,(H,46,48)(H,47,49)(H,50,55)/t39-,42-/m0/s1. The zero-order valence-corrected chi connectivity index (χ0v) is 32.4. The summed E-state index contributed by atoms with van der Waals surface area (Å²) in [4.78, 5) is 58.6. The first-order chi connectivity index (χ1) is 27.2. The fourth-order valence-corrected chi connectivity index (χ4v) is 7.50. The number of H-pyrrole nitrogens is 2. The molecule has 7 rings (SSSR count). The Morgan fingerprint density at radius 2 is 1.52 bits per heavy atom. The highest BCUT2D eigenvalue weighted by Crippen LogP contribution is 2.34. The Morgan fingerprint density at radius 3 is 2.23 bits per heavy atom. The van der Waals surface area contributed by atoms with Crippen molar-refractivity contribution in [1.29, 1.82) is 0 Å². The number of carbonyl (C=O) groups is 3. The number of likely N-dealkylation sites (tertiary alicyclic amines) is 1. The summed E-state index contributed by atoms with van der Waals surface area (Å²) in [6, 6.07) is 30.3. The number of ether oxygens (including phenoxy) is 1. The van der Waals surface area contributed by atoms with Gasteiger partial charge in [0.1, 0.15) is 17.7 Å². The van der Waals surface area contributed by atoms with Crippen LogP contribution in [0, 0.1) is 5.92 Å². The molecule has 1 fully saturated rings. The van der Waals surface area contributed by atoms with E-state index in [4.69, 9.17) is 9.72 Å². The van der Waals surface area contributed by atoms with Crippen LogP contribution in [0.3, 0.4) is 0 Å². The lowest BCUT2D eigenvalue weighted by Crippen LogP contribution is -2.51. The number of rotatable bonds is 13. The number of methoxy groups -OCH3 is 1. The fourth-order valence-electron chi connectivity index (χ4n) is 7.50. The van der Waals surface area contributed by atoms with Gasteiger partial charge in [-0.05, 0) is 70.3 Å². The summed E-state index contributed by atoms with van der Waals surface area (Å²) in [5, 5.41) is 4.96. The Morgan fingerprint density at radius 1 is 0.857 bits per heavy atom. The average Bonchev–Trinajstić information content (AvgIpc) is 4.01. The minimum absolute atomic E-state index is 0.0939. The monoisotopic (exact) mass is 751 g/mol. The predicted molar refractivity (Wildman–Crippen MR) is 218 cm³/mol. The molecule has 0 bridgehead atoms. The normalized spacial score (nSPS) is 14.6. The third kappa shape index (κ3) is 8.52. The van der Waals surface area contributed by atoms with Gasteiger partial charge in [0.15, 0.2) is 0 Å². The summed E-state index contributed by atoms with van der Waals surface area (Å²) >= 11 is 0. The van der Waals surface area contributed by atoms with Gasteiger partial charge in [-0.1, -0.05) is 99.6 Å². The quantitative estimate of drug-likeness (QED) is 0.109. The van der Waals surface area contributed by atoms with Crippen molar-refractivity contribution < 1.29 is 19.1 Å². The molecule has 56 heavy (non-hydrogen) atoms. The zero-order valence-electron chi connectivity index (χ0n) is 32.4. The minimum Gasteiger partial charge on any atom is -0.453 e. The predicted octanol–water partition coefficient (Wildman–Crippen LogP) is 8.31. The van der Waals surface area contributed by atoms with E-state index < -0.39 is 12.1 Å². The Kier molecular flexibility index (Phi) is 11.6. The second-order valence-corrected chi connectivity index (χ2v) is 14.8. The van der Waals surface area contributed by atoms with Crippen LogP contribution in [-0.4, -0.2) is 73.9 Å². The number of aromatic amines is 2. The van der Waals surface area contributed by atoms with E-state index in [2.05, 4.69) is 87.9 Å². The van der Waals surface area contributed by atoms with Gasteiger partial charge in [0.25, 0.3) is 0 Å². The molecule has 11 nitrogen and oxygen atoms in total. The molecular weight excluding hydrogens is 703 g/mol. The molecule has 3 amide bonds. The van der Waals surface area contributed by atoms with E-state index in [1.54, 1.807) is 0 Å². The molecule has 3 heterocycles. The summed E-state index contributed by atoms with van der Waals surface area (Å²) in [5.74, 6) is 1.37. The van der Waals surface area contributed by atoms with E-state index in [-0.39, 0.29) is 23.8 Å². The van der Waals surface area contributed by atoms with Crippen LogP contribution >= 0.6 is 0 Å². The van der Waals surface area contributed by atoms with Crippen LogP contribution in [-0.2, 0) is 27.3 Å². The number of alkyl carbamates (subject to hydrolysis) is 1. The van der Waals surface area contributed by atoms with E-state index in [9.17, 15) is 14.4 Å². The van der Waals surface area contributed by atoms with E-state index in [0.717, 1.165) is 80.9 Å². The third-order valence-electron chi connectivity index (χ3n) is 10.5. The molecule has 2 atom stereocenters. The second kappa shape index (κ2) is 17.1. The van der Waals surface area contributed by atoms with Crippen molar-refractivity contribution in [2.75, 3.05) is 20.2 Å². The molecule has 0 aliphatic carbocycles. The van der Waals surface area contributed by atoms with Gasteiger partial charge in [-0.3, -0.25) is 9.59 Å². The molecule has 0 unspecified atom stereocenters. The van der Waals surface area contributed by atoms with Gasteiger partial charge in [-0.15, -0.1) is 0 Å². The van der Waals surface area contributed by atoms with Gasteiger partial charge in [0.05, 0.1) is 49.9 Å². The first-order valence-electron chi connectivity index (χ1n) is 19.4. The van der Waals surface area contributed by atoms with Crippen molar-refractivity contribution in [1.82, 2.24) is 35.1 Å². The molecule has 2 aromatic heterocycles. The van der Waals surface area contributed by atoms with Crippen molar-refractivity contribution in [3.63, 3.8) is 0 Å². The molecule has 0 spiro atoms. The van der Waals surface area contributed by atoms with Crippen LogP contribution < -0.4 is 5.32 Å². The van der Waals surface area contributed by atoms with Crippen LogP contribution in [0.25, 0.3) is 44.4 Å². The van der Waals surface area contributed by atoms with Crippen LogP contribution in [0.4, 0.5) is 4.79 Å². The summed E-state index contributed by atoms with van der Waals surface area (Å²) in [5.41, 5.74) is 7.05. The second-order valence-electron chi connectivity index (χ2n) is 14.8. The molecule has 0 radical (unpaired) electrons. The number of fused-ring (bicyclic) bond motifs is 1. The van der Waals surface area contributed by atoms with E-state index in [1.165, 1.54) is 7.11 Å². The van der Waals surface area contributed by atoms with E-state index in [1.807, 2.05) is 66.4 Å². The Balaban J connectivity index is 1.01. The molecule has 288 valence electrons. The van der Waals surface area contributed by atoms with Gasteiger partial charge in [0.2, 0.25) is 11.8 Å². The zero-order chi connectivity index (χ0) is 39.2. The lowest BCUT2D eigenvalue weighted by molar-refractivity contribution is -0.135. The van der Waals surface area contributed by atoms with Crippen molar-refractivity contribution in [3.8, 4) is 33.6 Å². The summed E-state index contributed by atoms with van der Waals surface area (Å²) in [7, 11) is 1.30. The van der Waals surface area contributed by atoms with Crippen molar-refractivity contribution in [2.45, 2.75) is 65.1 Å². The Hall–Kier alpha value is -6.23. The van der Waals surface area contributed by atoms with Gasteiger partial charge >= 0.3 is 6.09 Å². The van der Waals surface area contributed by atoms with E-state index in [0.29, 0.717) is 26.1 Å². The minimum atomic E-state index is -0.677.